The van der Waals surface area contributed by atoms with Crippen molar-refractivity contribution in [3.05, 3.63) is 59.9 Å². The molecule has 3 rings (SSSR count). The van der Waals surface area contributed by atoms with Crippen LogP contribution in [0.25, 0.3) is 0 Å². The van der Waals surface area contributed by atoms with Crippen LogP contribution in [0.4, 0.5) is 5.69 Å². The first-order chi connectivity index (χ1) is 14.2. The maximum atomic E-state index is 14.0. The Morgan fingerprint density at radius 1 is 1.30 bits per heavy atom. The van der Waals surface area contributed by atoms with E-state index in [1.54, 1.807) is 23.4 Å². The summed E-state index contributed by atoms with van der Waals surface area (Å²) in [6, 6.07) is 11.2. The van der Waals surface area contributed by atoms with Crippen LogP contribution in [0, 0.1) is 0 Å². The van der Waals surface area contributed by atoms with E-state index in [0.29, 0.717) is 12.0 Å². The molecule has 5 nitrogen and oxygen atoms in total. The van der Waals surface area contributed by atoms with Crippen molar-refractivity contribution in [1.29, 1.82) is 0 Å². The SMILES string of the molecule is CCC1(C(=O)N(c2ccc(C(C)(C)C)cc2)C(C=O)c2cccnc2)CCC(C)N1. The fraction of sp³-hybridized carbons (Fsp3) is 0.480. The highest BCUT2D eigenvalue weighted by molar-refractivity contribution is 6.03. The maximum absolute atomic E-state index is 14.0. The third-order valence-corrected chi connectivity index (χ3v) is 6.20. The molecule has 5 heteroatoms. The van der Waals surface area contributed by atoms with Crippen molar-refractivity contribution >= 4 is 17.9 Å². The van der Waals surface area contributed by atoms with Crippen LogP contribution in [-0.2, 0) is 15.0 Å². The Morgan fingerprint density at radius 3 is 2.47 bits per heavy atom. The van der Waals surface area contributed by atoms with Gasteiger partial charge in [0.05, 0.1) is 5.54 Å². The van der Waals surface area contributed by atoms with Crippen molar-refractivity contribution in [2.24, 2.45) is 0 Å². The standard InChI is InChI=1S/C25H33N3O2/c1-6-25(14-13-18(2)27-25)23(30)28(22(17-29)19-8-7-15-26-16-19)21-11-9-20(10-12-21)24(3,4)5/h7-12,15-18,22,27H,6,13-14H2,1-5H3. The molecule has 2 heterocycles. The number of benzene rings is 1. The third-order valence-electron chi connectivity index (χ3n) is 6.20. The van der Waals surface area contributed by atoms with Gasteiger partial charge in [0, 0.05) is 29.7 Å². The maximum Gasteiger partial charge on any atom is 0.248 e. The number of anilines is 1. The highest BCUT2D eigenvalue weighted by atomic mass is 16.2. The van der Waals surface area contributed by atoms with E-state index in [9.17, 15) is 9.59 Å². The first-order valence-electron chi connectivity index (χ1n) is 10.8. The first-order valence-corrected chi connectivity index (χ1v) is 10.8. The molecule has 0 spiro atoms. The molecule has 1 aromatic carbocycles. The molecule has 160 valence electrons. The summed E-state index contributed by atoms with van der Waals surface area (Å²) in [6.45, 7) is 10.6. The molecule has 1 fully saturated rings. The number of carbonyl (C=O) groups excluding carboxylic acids is 2. The van der Waals surface area contributed by atoms with E-state index in [0.717, 1.165) is 24.8 Å². The number of nitrogens with one attached hydrogen (secondary N) is 1. The summed E-state index contributed by atoms with van der Waals surface area (Å²) < 4.78 is 0. The van der Waals surface area contributed by atoms with Gasteiger partial charge in [0.1, 0.15) is 12.3 Å². The van der Waals surface area contributed by atoms with Crippen molar-refractivity contribution in [3.63, 3.8) is 0 Å². The Morgan fingerprint density at radius 2 is 2.00 bits per heavy atom. The number of aldehydes is 1. The van der Waals surface area contributed by atoms with E-state index in [2.05, 4.69) is 38.0 Å². The van der Waals surface area contributed by atoms with E-state index in [1.807, 2.05) is 37.3 Å². The van der Waals surface area contributed by atoms with Crippen molar-refractivity contribution < 1.29 is 9.59 Å². The summed E-state index contributed by atoms with van der Waals surface area (Å²) in [4.78, 5) is 32.1. The molecule has 1 aliphatic heterocycles. The summed E-state index contributed by atoms with van der Waals surface area (Å²) in [7, 11) is 0. The number of amides is 1. The molecule has 1 aliphatic rings. The van der Waals surface area contributed by atoms with Gasteiger partial charge in [0.15, 0.2) is 0 Å². The van der Waals surface area contributed by atoms with Gasteiger partial charge in [-0.2, -0.15) is 0 Å². The van der Waals surface area contributed by atoms with Crippen LogP contribution in [0.5, 0.6) is 0 Å². The molecule has 1 saturated heterocycles. The van der Waals surface area contributed by atoms with Gasteiger partial charge in [-0.15, -0.1) is 0 Å². The minimum atomic E-state index is -0.729. The second-order valence-electron chi connectivity index (χ2n) is 9.36. The van der Waals surface area contributed by atoms with Crippen LogP contribution >= 0.6 is 0 Å². The number of nitrogens with zero attached hydrogens (tertiary/aromatic N) is 2. The summed E-state index contributed by atoms with van der Waals surface area (Å²) in [5, 5.41) is 3.51. The quantitative estimate of drug-likeness (QED) is 0.713. The fourth-order valence-corrected chi connectivity index (χ4v) is 4.27. The van der Waals surface area contributed by atoms with Gasteiger partial charge in [0.2, 0.25) is 5.91 Å². The Kier molecular flexibility index (Phi) is 6.41. The van der Waals surface area contributed by atoms with E-state index in [4.69, 9.17) is 0 Å². The number of pyridine rings is 1. The summed E-state index contributed by atoms with van der Waals surface area (Å²) in [5.74, 6) is -0.0567. The zero-order chi connectivity index (χ0) is 21.9. The minimum absolute atomic E-state index is 0.00780. The third kappa shape index (κ3) is 4.31. The minimum Gasteiger partial charge on any atom is -0.301 e. The van der Waals surface area contributed by atoms with Gasteiger partial charge in [-0.05, 0) is 55.4 Å². The number of carbonyl (C=O) groups is 2. The molecule has 1 amide bonds. The molecule has 3 atom stereocenters. The lowest BCUT2D eigenvalue weighted by molar-refractivity contribution is -0.126. The smallest absolute Gasteiger partial charge is 0.248 e. The van der Waals surface area contributed by atoms with Crippen LogP contribution in [0.1, 0.15) is 71.0 Å². The van der Waals surface area contributed by atoms with Gasteiger partial charge in [-0.1, -0.05) is 45.9 Å². The summed E-state index contributed by atoms with van der Waals surface area (Å²) >= 11 is 0. The monoisotopic (exact) mass is 407 g/mol. The normalized spacial score (nSPS) is 22.5. The predicted octanol–water partition coefficient (Wildman–Crippen LogP) is 4.57. The van der Waals surface area contributed by atoms with Crippen molar-refractivity contribution in [2.45, 2.75) is 76.9 Å². The lowest BCUT2D eigenvalue weighted by Crippen LogP contribution is -2.57. The van der Waals surface area contributed by atoms with E-state index in [1.165, 1.54) is 5.56 Å². The second-order valence-corrected chi connectivity index (χ2v) is 9.36. The van der Waals surface area contributed by atoms with Crippen LogP contribution in [0.3, 0.4) is 0 Å². The highest BCUT2D eigenvalue weighted by Gasteiger charge is 2.46. The molecule has 2 aromatic rings. The van der Waals surface area contributed by atoms with Gasteiger partial charge < -0.3 is 10.1 Å². The lowest BCUT2D eigenvalue weighted by Gasteiger charge is -2.37. The molecular formula is C25H33N3O2. The van der Waals surface area contributed by atoms with Gasteiger partial charge in [0.25, 0.3) is 0 Å². The molecule has 0 aliphatic carbocycles. The van der Waals surface area contributed by atoms with E-state index < -0.39 is 11.6 Å². The number of rotatable bonds is 6. The van der Waals surface area contributed by atoms with Gasteiger partial charge in [-0.25, -0.2) is 0 Å². The highest BCUT2D eigenvalue weighted by Crippen LogP contribution is 2.35. The summed E-state index contributed by atoms with van der Waals surface area (Å²) in [5.41, 5.74) is 1.96. The fourth-order valence-electron chi connectivity index (χ4n) is 4.27. The second kappa shape index (κ2) is 8.68. The van der Waals surface area contributed by atoms with Crippen LogP contribution in [-0.4, -0.2) is 28.8 Å². The Hall–Kier alpha value is -2.53. The van der Waals surface area contributed by atoms with Crippen molar-refractivity contribution in [1.82, 2.24) is 10.3 Å². The Balaban J connectivity index is 2.09. The molecule has 0 radical (unpaired) electrons. The molecule has 3 unspecified atom stereocenters. The van der Waals surface area contributed by atoms with Crippen LogP contribution in [0.2, 0.25) is 0 Å². The van der Waals surface area contributed by atoms with Crippen LogP contribution in [0.15, 0.2) is 48.8 Å². The molecule has 30 heavy (non-hydrogen) atoms. The molecule has 0 bridgehead atoms. The van der Waals surface area contributed by atoms with Crippen molar-refractivity contribution in [2.75, 3.05) is 4.90 Å². The zero-order valence-corrected chi connectivity index (χ0v) is 18.7. The average Bonchev–Trinajstić information content (AvgIpc) is 3.14. The van der Waals surface area contributed by atoms with E-state index >= 15 is 0 Å². The lowest BCUT2D eigenvalue weighted by atomic mass is 9.86. The first kappa shape index (κ1) is 22.2. The van der Waals surface area contributed by atoms with Gasteiger partial charge >= 0.3 is 0 Å². The molecule has 0 saturated carbocycles. The van der Waals surface area contributed by atoms with Crippen LogP contribution < -0.4 is 10.2 Å². The largest absolute Gasteiger partial charge is 0.301 e. The molecular weight excluding hydrogens is 374 g/mol. The van der Waals surface area contributed by atoms with E-state index in [-0.39, 0.29) is 17.4 Å². The molecule has 1 N–H and O–H groups in total. The Bertz CT molecular complexity index is 874. The number of hydrogen-bond acceptors (Lipinski definition) is 4. The number of hydrogen-bond donors (Lipinski definition) is 1. The number of aromatic nitrogens is 1. The average molecular weight is 408 g/mol. The molecule has 1 aromatic heterocycles. The topological polar surface area (TPSA) is 62.3 Å². The summed E-state index contributed by atoms with van der Waals surface area (Å²) in [6.07, 6.45) is 6.54. The Labute approximate surface area is 179 Å². The zero-order valence-electron chi connectivity index (χ0n) is 18.7. The van der Waals surface area contributed by atoms with Crippen molar-refractivity contribution in [3.8, 4) is 0 Å². The predicted molar refractivity (Wildman–Crippen MR) is 121 cm³/mol. The van der Waals surface area contributed by atoms with Gasteiger partial charge in [-0.3, -0.25) is 14.7 Å².